The standard InChI is InChI=1S/C22H28F3N5O2/c1-5-18-17(22(23,24)25)14-26-19(28-18)27-15-6-8-16(9-7-15)29-10-12-30(13-11-29)20(31)32-21(2,3)4/h6-9,14H,5,10-13H2,1-4H3,(H,26,27,28). The summed E-state index contributed by atoms with van der Waals surface area (Å²) in [6.45, 7) is 9.63. The minimum Gasteiger partial charge on any atom is -0.444 e. The number of nitrogens with zero attached hydrogens (tertiary/aromatic N) is 4. The quantitative estimate of drug-likeness (QED) is 0.716. The molecule has 0 saturated carbocycles. The number of benzene rings is 1. The van der Waals surface area contributed by atoms with Gasteiger partial charge in [-0.15, -0.1) is 0 Å². The Morgan fingerprint density at radius 1 is 1.09 bits per heavy atom. The van der Waals surface area contributed by atoms with Crippen molar-refractivity contribution in [2.45, 2.75) is 45.9 Å². The van der Waals surface area contributed by atoms with E-state index in [1.807, 2.05) is 45.0 Å². The van der Waals surface area contributed by atoms with Crippen LogP contribution in [0.5, 0.6) is 0 Å². The van der Waals surface area contributed by atoms with Crippen LogP contribution in [0, 0.1) is 0 Å². The van der Waals surface area contributed by atoms with Crippen molar-refractivity contribution in [3.63, 3.8) is 0 Å². The maximum absolute atomic E-state index is 13.0. The number of carbonyl (C=O) groups excluding carboxylic acids is 1. The minimum absolute atomic E-state index is 0.0468. The molecule has 1 aromatic heterocycles. The van der Waals surface area contributed by atoms with Crippen LogP contribution in [-0.2, 0) is 17.3 Å². The molecular formula is C22H28F3N5O2. The van der Waals surface area contributed by atoms with Crippen LogP contribution in [0.3, 0.4) is 0 Å². The summed E-state index contributed by atoms with van der Waals surface area (Å²) in [6.07, 6.45) is -3.81. The molecule has 1 saturated heterocycles. The van der Waals surface area contributed by atoms with Crippen molar-refractivity contribution in [3.8, 4) is 0 Å². The molecule has 0 spiro atoms. The van der Waals surface area contributed by atoms with E-state index >= 15 is 0 Å². The Labute approximate surface area is 185 Å². The first kappa shape index (κ1) is 23.6. The molecule has 0 bridgehead atoms. The summed E-state index contributed by atoms with van der Waals surface area (Å²) < 4.78 is 44.5. The molecule has 1 aliphatic heterocycles. The average molecular weight is 451 g/mol. The Morgan fingerprint density at radius 3 is 2.25 bits per heavy atom. The maximum atomic E-state index is 13.0. The number of nitrogens with one attached hydrogen (secondary N) is 1. The van der Waals surface area contributed by atoms with E-state index in [4.69, 9.17) is 4.74 Å². The lowest BCUT2D eigenvalue weighted by Crippen LogP contribution is -2.50. The zero-order valence-corrected chi connectivity index (χ0v) is 18.7. The second-order valence-electron chi connectivity index (χ2n) is 8.53. The maximum Gasteiger partial charge on any atom is 0.419 e. The topological polar surface area (TPSA) is 70.6 Å². The highest BCUT2D eigenvalue weighted by Gasteiger charge is 2.34. The number of halogens is 3. The molecule has 2 aromatic rings. The first-order valence-electron chi connectivity index (χ1n) is 10.5. The molecule has 1 aliphatic rings. The summed E-state index contributed by atoms with van der Waals surface area (Å²) in [5, 5.41) is 2.95. The van der Waals surface area contributed by atoms with Crippen molar-refractivity contribution in [1.82, 2.24) is 14.9 Å². The van der Waals surface area contributed by atoms with Gasteiger partial charge in [0.1, 0.15) is 5.60 Å². The monoisotopic (exact) mass is 451 g/mol. The molecule has 1 fully saturated rings. The van der Waals surface area contributed by atoms with Crippen LogP contribution >= 0.6 is 0 Å². The first-order chi connectivity index (χ1) is 15.0. The third-order valence-electron chi connectivity index (χ3n) is 4.93. The molecule has 0 radical (unpaired) electrons. The van der Waals surface area contributed by atoms with E-state index in [0.29, 0.717) is 31.9 Å². The average Bonchev–Trinajstić information content (AvgIpc) is 2.72. The highest BCUT2D eigenvalue weighted by Crippen LogP contribution is 2.31. The molecule has 0 aliphatic carbocycles. The van der Waals surface area contributed by atoms with Crippen LogP contribution in [0.1, 0.15) is 39.0 Å². The Kier molecular flexibility index (Phi) is 6.80. The summed E-state index contributed by atoms with van der Waals surface area (Å²) in [7, 11) is 0. The number of piperazine rings is 1. The zero-order chi connectivity index (χ0) is 23.5. The molecule has 7 nitrogen and oxygen atoms in total. The SMILES string of the molecule is CCc1nc(Nc2ccc(N3CCN(C(=O)OC(C)(C)C)CC3)cc2)ncc1C(F)(F)F. The predicted octanol–water partition coefficient (Wildman–Crippen LogP) is 4.86. The molecule has 2 heterocycles. The Morgan fingerprint density at radius 2 is 1.72 bits per heavy atom. The van der Waals surface area contributed by atoms with Crippen LogP contribution in [0.15, 0.2) is 30.5 Å². The first-order valence-corrected chi connectivity index (χ1v) is 10.5. The highest BCUT2D eigenvalue weighted by atomic mass is 19.4. The third kappa shape index (κ3) is 6.02. The second-order valence-corrected chi connectivity index (χ2v) is 8.53. The van der Waals surface area contributed by atoms with Gasteiger partial charge in [-0.05, 0) is 51.5 Å². The lowest BCUT2D eigenvalue weighted by Gasteiger charge is -2.36. The fraction of sp³-hybridized carbons (Fsp3) is 0.500. The van der Waals surface area contributed by atoms with Gasteiger partial charge in [0.25, 0.3) is 0 Å². The smallest absolute Gasteiger partial charge is 0.419 e. The van der Waals surface area contributed by atoms with Gasteiger partial charge < -0.3 is 19.9 Å². The number of anilines is 3. The molecule has 32 heavy (non-hydrogen) atoms. The number of rotatable bonds is 4. The number of alkyl halides is 3. The van der Waals surface area contributed by atoms with Gasteiger partial charge in [-0.1, -0.05) is 6.92 Å². The largest absolute Gasteiger partial charge is 0.444 e. The summed E-state index contributed by atoms with van der Waals surface area (Å²) in [5.74, 6) is 0.119. The van der Waals surface area contributed by atoms with Crippen LogP contribution in [-0.4, -0.2) is 52.7 Å². The molecular weight excluding hydrogens is 423 g/mol. The molecule has 1 amide bonds. The van der Waals surface area contributed by atoms with Gasteiger partial charge in [0, 0.05) is 43.8 Å². The van der Waals surface area contributed by atoms with Crippen molar-refractivity contribution in [1.29, 1.82) is 0 Å². The van der Waals surface area contributed by atoms with Gasteiger partial charge in [0.05, 0.1) is 11.3 Å². The van der Waals surface area contributed by atoms with Crippen molar-refractivity contribution in [2.75, 3.05) is 36.4 Å². The van der Waals surface area contributed by atoms with Crippen molar-refractivity contribution in [2.24, 2.45) is 0 Å². The molecule has 10 heteroatoms. The van der Waals surface area contributed by atoms with Crippen LogP contribution in [0.4, 0.5) is 35.3 Å². The molecule has 174 valence electrons. The van der Waals surface area contributed by atoms with E-state index in [9.17, 15) is 18.0 Å². The van der Waals surface area contributed by atoms with Crippen LogP contribution in [0.2, 0.25) is 0 Å². The number of aryl methyl sites for hydroxylation is 1. The normalized spacial score (nSPS) is 15.0. The minimum atomic E-state index is -4.47. The fourth-order valence-electron chi connectivity index (χ4n) is 3.34. The van der Waals surface area contributed by atoms with E-state index in [1.165, 1.54) is 0 Å². The molecule has 0 unspecified atom stereocenters. The number of ether oxygens (including phenoxy) is 1. The second kappa shape index (κ2) is 9.22. The number of carbonyl (C=O) groups is 1. The molecule has 1 N–H and O–H groups in total. The lowest BCUT2D eigenvalue weighted by atomic mass is 10.2. The van der Waals surface area contributed by atoms with Gasteiger partial charge in [-0.25, -0.2) is 14.8 Å². The zero-order valence-electron chi connectivity index (χ0n) is 18.7. The third-order valence-corrected chi connectivity index (χ3v) is 4.93. The van der Waals surface area contributed by atoms with Gasteiger partial charge in [0.15, 0.2) is 0 Å². The highest BCUT2D eigenvalue weighted by molar-refractivity contribution is 5.69. The molecule has 0 atom stereocenters. The molecule has 3 rings (SSSR count). The number of amides is 1. The summed E-state index contributed by atoms with van der Waals surface area (Å²) in [6, 6.07) is 7.47. The fourth-order valence-corrected chi connectivity index (χ4v) is 3.34. The summed E-state index contributed by atoms with van der Waals surface area (Å²) in [4.78, 5) is 23.9. The van der Waals surface area contributed by atoms with Gasteiger partial charge in [-0.2, -0.15) is 13.2 Å². The summed E-state index contributed by atoms with van der Waals surface area (Å²) in [5.41, 5.74) is 0.275. The van der Waals surface area contributed by atoms with Crippen molar-refractivity contribution in [3.05, 3.63) is 41.7 Å². The van der Waals surface area contributed by atoms with Crippen molar-refractivity contribution >= 4 is 23.4 Å². The number of hydrogen-bond donors (Lipinski definition) is 1. The van der Waals surface area contributed by atoms with E-state index in [1.54, 1.807) is 11.8 Å². The Bertz CT molecular complexity index is 934. The van der Waals surface area contributed by atoms with Gasteiger partial charge >= 0.3 is 12.3 Å². The van der Waals surface area contributed by atoms with E-state index in [-0.39, 0.29) is 24.2 Å². The van der Waals surface area contributed by atoms with E-state index in [0.717, 1.165) is 11.9 Å². The van der Waals surface area contributed by atoms with E-state index in [2.05, 4.69) is 20.2 Å². The van der Waals surface area contributed by atoms with Crippen LogP contribution in [0.25, 0.3) is 0 Å². The number of aromatic nitrogens is 2. The number of hydrogen-bond acceptors (Lipinski definition) is 6. The summed E-state index contributed by atoms with van der Waals surface area (Å²) >= 11 is 0. The van der Waals surface area contributed by atoms with Gasteiger partial charge in [-0.3, -0.25) is 0 Å². The van der Waals surface area contributed by atoms with Gasteiger partial charge in [0.2, 0.25) is 5.95 Å². The van der Waals surface area contributed by atoms with E-state index < -0.39 is 17.3 Å². The lowest BCUT2D eigenvalue weighted by molar-refractivity contribution is -0.138. The predicted molar refractivity (Wildman–Crippen MR) is 116 cm³/mol. The van der Waals surface area contributed by atoms with Crippen molar-refractivity contribution < 1.29 is 22.7 Å². The Hall–Kier alpha value is -3.04. The Balaban J connectivity index is 1.60. The molecule has 1 aromatic carbocycles. The van der Waals surface area contributed by atoms with Crippen LogP contribution < -0.4 is 10.2 Å².